The van der Waals surface area contributed by atoms with Crippen LogP contribution in [0.5, 0.6) is 0 Å². The van der Waals surface area contributed by atoms with Gasteiger partial charge in [0.25, 0.3) is 0 Å². The summed E-state index contributed by atoms with van der Waals surface area (Å²) in [7, 11) is 0. The molecule has 2 saturated heterocycles. The summed E-state index contributed by atoms with van der Waals surface area (Å²) in [4.78, 5) is 27.1. The minimum absolute atomic E-state index is 0.0138. The topological polar surface area (TPSA) is 257 Å². The molecule has 2 aliphatic heterocycles. The Kier molecular flexibility index (Phi) is 30.5. The molecule has 0 saturated carbocycles. The first kappa shape index (κ1) is 55.9. The lowest BCUT2D eigenvalue weighted by Crippen LogP contribution is -2.65. The van der Waals surface area contributed by atoms with Gasteiger partial charge in [0.1, 0.15) is 30.5 Å². The summed E-state index contributed by atoms with van der Waals surface area (Å²) >= 11 is 0.0969. The number of carbonyl (C=O) groups excluding carboxylic acids is 2. The molecule has 12 atom stereocenters. The molecule has 0 aromatic heterocycles. The number of rotatable bonds is 34. The van der Waals surface area contributed by atoms with Crippen LogP contribution in [-0.4, -0.2) is 118 Å². The summed E-state index contributed by atoms with van der Waals surface area (Å²) in [6.45, 7) is 8.42. The van der Waals surface area contributed by atoms with E-state index in [0.29, 0.717) is 12.3 Å². The van der Waals surface area contributed by atoms with Gasteiger partial charge < -0.3 is 44.1 Å². The summed E-state index contributed by atoms with van der Waals surface area (Å²) in [6.07, 6.45) is 2.83. The van der Waals surface area contributed by atoms with Crippen LogP contribution in [0, 0.1) is 11.8 Å². The number of unbranched alkanes of at least 4 members (excludes halogenated alkanes) is 12. The predicted molar refractivity (Wildman–Crippen MR) is 221 cm³/mol. The Morgan fingerprint density at radius 1 is 0.672 bits per heavy atom. The number of hydrogen-bond donors (Lipinski definition) is 6. The Hall–Kier alpha value is -1.22. The zero-order chi connectivity index (χ0) is 45.0. The van der Waals surface area contributed by atoms with E-state index in [1.807, 2.05) is 6.92 Å². The van der Waals surface area contributed by atoms with Crippen LogP contribution in [0.1, 0.15) is 144 Å². The van der Waals surface area contributed by atoms with Crippen LogP contribution in [0.25, 0.3) is 0 Å². The van der Waals surface area contributed by atoms with Gasteiger partial charge in [-0.1, -0.05) is 134 Å². The van der Waals surface area contributed by atoms with Gasteiger partial charge in [-0.2, -0.15) is 0 Å². The van der Waals surface area contributed by atoms with Gasteiger partial charge in [-0.3, -0.25) is 13.2 Å². The van der Waals surface area contributed by atoms with Crippen LogP contribution >= 0.6 is 24.6 Å². The summed E-state index contributed by atoms with van der Waals surface area (Å²) in [5, 5.41) is 67.1. The molecule has 2 heterocycles. The molecule has 6 N–H and O–H groups in total. The zero-order valence-corrected chi connectivity index (χ0v) is 37.9. The standard InChI is InChI=1S/C40H72O19S2/c1-6-8-9-10-11-12-13-14-15-16-17-18-19-21-31(43)51-36-34(52-38(46)28(5)23-27(4)22-26(3)20-7-2)32(44)29(24-41)49-39(36)53-40-37(55-61-59-57-48)35(54-60-58-56-47)33(45)30(25-42)50-40/h23,26-27,29-30,32-37,39-42,44-45,47-48H,6-22,24-25H2,1-5H3/t26-,27-,29?,30?,32?,33?,34?,35?,36?,37?,39?,40?/m0/s1. The van der Waals surface area contributed by atoms with Crippen molar-refractivity contribution in [2.75, 3.05) is 13.2 Å². The minimum atomic E-state index is -1.76. The normalized spacial score (nSPS) is 28.1. The van der Waals surface area contributed by atoms with E-state index in [2.05, 4.69) is 39.5 Å². The van der Waals surface area contributed by atoms with Gasteiger partial charge in [-0.15, -0.1) is 8.67 Å². The number of ether oxygens (including phenoxy) is 5. The van der Waals surface area contributed by atoms with E-state index in [1.54, 1.807) is 13.0 Å². The molecule has 0 aliphatic carbocycles. The maximum absolute atomic E-state index is 13.6. The second kappa shape index (κ2) is 33.3. The predicted octanol–water partition coefficient (Wildman–Crippen LogP) is 6.61. The fourth-order valence-corrected chi connectivity index (χ4v) is 8.30. The average molecular weight is 921 g/mol. The number of aliphatic hydroxyl groups excluding tert-OH is 4. The van der Waals surface area contributed by atoms with E-state index >= 15 is 0 Å². The van der Waals surface area contributed by atoms with Crippen molar-refractivity contribution in [2.45, 2.75) is 205 Å². The highest BCUT2D eigenvalue weighted by Crippen LogP contribution is 2.36. The van der Waals surface area contributed by atoms with Gasteiger partial charge >= 0.3 is 11.9 Å². The van der Waals surface area contributed by atoms with Crippen molar-refractivity contribution < 1.29 is 91.3 Å². The number of esters is 2. The van der Waals surface area contributed by atoms with E-state index in [1.165, 1.54) is 51.4 Å². The fourth-order valence-electron chi connectivity index (χ4n) is 7.58. The Morgan fingerprint density at radius 3 is 1.67 bits per heavy atom. The van der Waals surface area contributed by atoms with E-state index in [-0.39, 0.29) is 42.6 Å². The fraction of sp³-hybridized carbons (Fsp3) is 0.900. The molecular weight excluding hydrogens is 849 g/mol. The lowest BCUT2D eigenvalue weighted by molar-refractivity contribution is -0.436. The molecule has 21 heteroatoms. The first-order chi connectivity index (χ1) is 29.4. The quantitative estimate of drug-likeness (QED) is 0.00991. The molecule has 2 rings (SSSR count). The van der Waals surface area contributed by atoms with Gasteiger partial charge in [0.15, 0.2) is 49.2 Å². The van der Waals surface area contributed by atoms with Crippen molar-refractivity contribution in [1.29, 1.82) is 0 Å². The Morgan fingerprint density at radius 2 is 1.16 bits per heavy atom. The highest BCUT2D eigenvalue weighted by atomic mass is 32.2. The van der Waals surface area contributed by atoms with Gasteiger partial charge in [0.2, 0.25) is 6.29 Å². The first-order valence-electron chi connectivity index (χ1n) is 21.7. The third kappa shape index (κ3) is 21.1. The number of hydrogen-bond acceptors (Lipinski definition) is 21. The molecule has 0 amide bonds. The van der Waals surface area contributed by atoms with Crippen molar-refractivity contribution in [3.63, 3.8) is 0 Å². The molecule has 0 bridgehead atoms. The van der Waals surface area contributed by atoms with Crippen molar-refractivity contribution in [3.05, 3.63) is 11.6 Å². The minimum Gasteiger partial charge on any atom is -0.453 e. The largest absolute Gasteiger partial charge is 0.453 e. The van der Waals surface area contributed by atoms with Crippen LogP contribution in [-0.2, 0) is 60.4 Å². The summed E-state index contributed by atoms with van der Waals surface area (Å²) in [5.74, 6) is -1.10. The maximum atomic E-state index is 13.6. The van der Waals surface area contributed by atoms with Crippen LogP contribution < -0.4 is 0 Å². The maximum Gasteiger partial charge on any atom is 0.333 e. The zero-order valence-electron chi connectivity index (χ0n) is 36.2. The second-order valence-corrected chi connectivity index (χ2v) is 16.8. The van der Waals surface area contributed by atoms with Gasteiger partial charge in [0, 0.05) is 12.0 Å². The second-order valence-electron chi connectivity index (χ2n) is 15.9. The SMILES string of the molecule is CCCCCCCCCCCCCCCC(=O)OC1C(OC2OC(CO)C(O)C(OSOOO)C2OSOOO)OC(CO)C(O)C1OC(=O)C(C)=C[C@@H](C)C[C@@H](C)CCC. The molecule has 2 aliphatic rings. The summed E-state index contributed by atoms with van der Waals surface area (Å²) < 4.78 is 49.0. The summed E-state index contributed by atoms with van der Waals surface area (Å²) in [5.41, 5.74) is 0.239. The van der Waals surface area contributed by atoms with Gasteiger partial charge in [0.05, 0.1) is 13.2 Å². The smallest absolute Gasteiger partial charge is 0.333 e. The lowest BCUT2D eigenvalue weighted by Gasteiger charge is -2.46. The third-order valence-corrected chi connectivity index (χ3v) is 11.5. The van der Waals surface area contributed by atoms with Gasteiger partial charge in [-0.25, -0.2) is 15.3 Å². The molecule has 0 radical (unpaired) electrons. The van der Waals surface area contributed by atoms with E-state index in [4.69, 9.17) is 42.6 Å². The number of aliphatic hydroxyl groups is 4. The van der Waals surface area contributed by atoms with Crippen LogP contribution in [0.3, 0.4) is 0 Å². The molecule has 10 unspecified atom stereocenters. The number of carbonyl (C=O) groups is 2. The Labute approximate surface area is 368 Å². The van der Waals surface area contributed by atoms with Crippen molar-refractivity contribution in [1.82, 2.24) is 0 Å². The monoisotopic (exact) mass is 920 g/mol. The molecule has 61 heavy (non-hydrogen) atoms. The Bertz CT molecular complexity index is 1190. The molecule has 0 aromatic carbocycles. The van der Waals surface area contributed by atoms with Crippen LogP contribution in [0.15, 0.2) is 11.6 Å². The van der Waals surface area contributed by atoms with Crippen molar-refractivity contribution in [3.8, 4) is 0 Å². The van der Waals surface area contributed by atoms with Crippen LogP contribution in [0.2, 0.25) is 0 Å². The molecule has 2 fully saturated rings. The van der Waals surface area contributed by atoms with Crippen molar-refractivity contribution in [2.24, 2.45) is 11.8 Å². The summed E-state index contributed by atoms with van der Waals surface area (Å²) in [6, 6.07) is 0. The van der Waals surface area contributed by atoms with Crippen molar-refractivity contribution >= 4 is 36.6 Å². The van der Waals surface area contributed by atoms with Crippen LogP contribution in [0.4, 0.5) is 0 Å². The molecule has 0 spiro atoms. The third-order valence-electron chi connectivity index (χ3n) is 10.7. The van der Waals surface area contributed by atoms with E-state index in [9.17, 15) is 30.0 Å². The molecule has 0 aromatic rings. The molecule has 19 nitrogen and oxygen atoms in total. The lowest BCUT2D eigenvalue weighted by atomic mass is 9.92. The number of allylic oxidation sites excluding steroid dienone is 1. The van der Waals surface area contributed by atoms with E-state index in [0.717, 1.165) is 44.9 Å². The molecular formula is C40H72O19S2. The average Bonchev–Trinajstić information content (AvgIpc) is 3.23. The Balaban J connectivity index is 2.31. The highest BCUT2D eigenvalue weighted by Gasteiger charge is 2.55. The molecule has 358 valence electrons. The van der Waals surface area contributed by atoms with E-state index < -0.39 is 86.6 Å². The first-order valence-corrected chi connectivity index (χ1v) is 23.0. The highest BCUT2D eigenvalue weighted by molar-refractivity contribution is 7.90. The van der Waals surface area contributed by atoms with Gasteiger partial charge in [-0.05, 0) is 31.6 Å².